The van der Waals surface area contributed by atoms with E-state index in [0.29, 0.717) is 11.7 Å². The molecule has 0 aliphatic rings. The molecule has 2 rings (SSSR count). The lowest BCUT2D eigenvalue weighted by Gasteiger charge is -2.24. The van der Waals surface area contributed by atoms with Gasteiger partial charge in [0.1, 0.15) is 0 Å². The Balaban J connectivity index is 2.46. The zero-order chi connectivity index (χ0) is 15.6. The maximum absolute atomic E-state index is 10.8. The van der Waals surface area contributed by atoms with Crippen LogP contribution in [0.2, 0.25) is 0 Å². The second kappa shape index (κ2) is 6.07. The van der Waals surface area contributed by atoms with E-state index < -0.39 is 5.97 Å². The molecule has 0 atom stereocenters. The molecular weight excluding hydrogens is 288 g/mol. The van der Waals surface area contributed by atoms with Crippen LogP contribution in [0.5, 0.6) is 0 Å². The summed E-state index contributed by atoms with van der Waals surface area (Å²) in [6, 6.07) is 6.07. The average molecular weight is 308 g/mol. The fourth-order valence-corrected chi connectivity index (χ4v) is 2.79. The van der Waals surface area contributed by atoms with Crippen LogP contribution in [0.3, 0.4) is 0 Å². The van der Waals surface area contributed by atoms with Crippen molar-refractivity contribution < 1.29 is 14.6 Å². The molecule has 1 aromatic carbocycles. The smallest absolute Gasteiger partial charge is 0.313 e. The molecule has 0 saturated carbocycles. The lowest BCUT2D eigenvalue weighted by atomic mass is 10.1. The Kier molecular flexibility index (Phi) is 4.58. The topological polar surface area (TPSA) is 64.3 Å². The SMILES string of the molecule is COC(C)(C)Cn1c(SCC(=O)O)nc2cc(C)ccc21. The van der Waals surface area contributed by atoms with E-state index in [1.807, 2.05) is 43.5 Å². The third-order valence-corrected chi connectivity index (χ3v) is 4.25. The number of hydrogen-bond acceptors (Lipinski definition) is 4. The fraction of sp³-hybridized carbons (Fsp3) is 0.467. The van der Waals surface area contributed by atoms with Crippen LogP contribution < -0.4 is 0 Å². The van der Waals surface area contributed by atoms with Gasteiger partial charge in [0.05, 0.1) is 28.9 Å². The van der Waals surface area contributed by atoms with Gasteiger partial charge in [-0.05, 0) is 38.5 Å². The minimum atomic E-state index is -0.846. The summed E-state index contributed by atoms with van der Waals surface area (Å²) in [5.41, 5.74) is 2.66. The second-order valence-corrected chi connectivity index (χ2v) is 6.56. The van der Waals surface area contributed by atoms with E-state index in [4.69, 9.17) is 9.84 Å². The monoisotopic (exact) mass is 308 g/mol. The van der Waals surface area contributed by atoms with Crippen LogP contribution in [0, 0.1) is 6.92 Å². The summed E-state index contributed by atoms with van der Waals surface area (Å²) in [5, 5.41) is 9.59. The number of carbonyl (C=O) groups is 1. The largest absolute Gasteiger partial charge is 0.481 e. The number of hydrogen-bond donors (Lipinski definition) is 1. The molecule has 21 heavy (non-hydrogen) atoms. The predicted octanol–water partition coefficient (Wildman–Crippen LogP) is 2.95. The number of thioether (sulfide) groups is 1. The molecule has 0 aliphatic carbocycles. The lowest BCUT2D eigenvalue weighted by molar-refractivity contribution is -0.133. The van der Waals surface area contributed by atoms with E-state index in [9.17, 15) is 4.79 Å². The average Bonchev–Trinajstić information content (AvgIpc) is 2.73. The van der Waals surface area contributed by atoms with Crippen LogP contribution in [0.1, 0.15) is 19.4 Å². The molecule has 0 amide bonds. The number of aliphatic carboxylic acids is 1. The molecule has 0 unspecified atom stereocenters. The van der Waals surface area contributed by atoms with Crippen LogP contribution in [0.25, 0.3) is 11.0 Å². The van der Waals surface area contributed by atoms with Crippen LogP contribution in [-0.2, 0) is 16.1 Å². The van der Waals surface area contributed by atoms with Gasteiger partial charge in [0.2, 0.25) is 0 Å². The molecule has 0 radical (unpaired) electrons. The van der Waals surface area contributed by atoms with E-state index in [1.54, 1.807) is 7.11 Å². The highest BCUT2D eigenvalue weighted by Crippen LogP contribution is 2.27. The molecule has 1 heterocycles. The maximum atomic E-state index is 10.8. The van der Waals surface area contributed by atoms with E-state index in [2.05, 4.69) is 4.98 Å². The van der Waals surface area contributed by atoms with Crippen molar-refractivity contribution in [3.63, 3.8) is 0 Å². The molecule has 6 heteroatoms. The van der Waals surface area contributed by atoms with Crippen LogP contribution in [0.4, 0.5) is 0 Å². The summed E-state index contributed by atoms with van der Waals surface area (Å²) in [6.07, 6.45) is 0. The van der Waals surface area contributed by atoms with Crippen molar-refractivity contribution in [1.82, 2.24) is 9.55 Å². The Hall–Kier alpha value is -1.53. The minimum absolute atomic E-state index is 0.00425. The van der Waals surface area contributed by atoms with Crippen molar-refractivity contribution >= 4 is 28.8 Å². The number of benzene rings is 1. The number of aromatic nitrogens is 2. The number of carboxylic acids is 1. The number of aryl methyl sites for hydroxylation is 1. The van der Waals surface area contributed by atoms with Gasteiger partial charge in [0.25, 0.3) is 0 Å². The Labute approximate surface area is 128 Å². The molecule has 0 saturated heterocycles. The molecule has 5 nitrogen and oxygen atoms in total. The first-order chi connectivity index (χ1) is 9.82. The first-order valence-corrected chi connectivity index (χ1v) is 7.67. The third kappa shape index (κ3) is 3.77. The maximum Gasteiger partial charge on any atom is 0.313 e. The Bertz CT molecular complexity index is 664. The van der Waals surface area contributed by atoms with E-state index >= 15 is 0 Å². The Morgan fingerprint density at radius 3 is 2.81 bits per heavy atom. The standard InChI is InChI=1S/C15H20N2O3S/c1-10-5-6-12-11(7-10)16-14(21-8-13(18)19)17(12)9-15(2,3)20-4/h5-7H,8-9H2,1-4H3,(H,18,19). The molecule has 114 valence electrons. The summed E-state index contributed by atoms with van der Waals surface area (Å²) < 4.78 is 7.52. The highest BCUT2D eigenvalue weighted by molar-refractivity contribution is 7.99. The van der Waals surface area contributed by atoms with Crippen molar-refractivity contribution in [2.75, 3.05) is 12.9 Å². The van der Waals surface area contributed by atoms with Gasteiger partial charge in [0, 0.05) is 7.11 Å². The van der Waals surface area contributed by atoms with Gasteiger partial charge in [-0.1, -0.05) is 17.8 Å². The summed E-state index contributed by atoms with van der Waals surface area (Å²) in [6.45, 7) is 6.63. The molecule has 0 fully saturated rings. The number of nitrogens with zero attached hydrogens (tertiary/aromatic N) is 2. The summed E-state index contributed by atoms with van der Waals surface area (Å²) in [5.74, 6) is -0.851. The van der Waals surface area contributed by atoms with Crippen LogP contribution >= 0.6 is 11.8 Å². The van der Waals surface area contributed by atoms with Gasteiger partial charge in [-0.15, -0.1) is 0 Å². The van der Waals surface area contributed by atoms with Crippen LogP contribution in [-0.4, -0.2) is 39.1 Å². The lowest BCUT2D eigenvalue weighted by Crippen LogP contribution is -2.29. The predicted molar refractivity (Wildman–Crippen MR) is 83.9 cm³/mol. The molecule has 0 aliphatic heterocycles. The molecule has 1 N–H and O–H groups in total. The summed E-state index contributed by atoms with van der Waals surface area (Å²) >= 11 is 1.23. The van der Waals surface area contributed by atoms with Gasteiger partial charge in [0.15, 0.2) is 5.16 Å². The zero-order valence-electron chi connectivity index (χ0n) is 12.7. The van der Waals surface area contributed by atoms with Crippen molar-refractivity contribution in [1.29, 1.82) is 0 Å². The minimum Gasteiger partial charge on any atom is -0.481 e. The van der Waals surface area contributed by atoms with E-state index in [-0.39, 0.29) is 11.4 Å². The van der Waals surface area contributed by atoms with Crippen molar-refractivity contribution in [3.05, 3.63) is 23.8 Å². The van der Waals surface area contributed by atoms with Gasteiger partial charge < -0.3 is 14.4 Å². The summed E-state index contributed by atoms with van der Waals surface area (Å²) in [7, 11) is 1.67. The first-order valence-electron chi connectivity index (χ1n) is 6.69. The van der Waals surface area contributed by atoms with E-state index in [1.165, 1.54) is 11.8 Å². The Morgan fingerprint density at radius 2 is 2.19 bits per heavy atom. The molecule has 0 bridgehead atoms. The normalized spacial score (nSPS) is 12.0. The number of fused-ring (bicyclic) bond motifs is 1. The molecular formula is C15H20N2O3S. The second-order valence-electron chi connectivity index (χ2n) is 5.62. The van der Waals surface area contributed by atoms with Crippen molar-refractivity contribution in [3.8, 4) is 0 Å². The number of rotatable bonds is 6. The highest BCUT2D eigenvalue weighted by Gasteiger charge is 2.22. The van der Waals surface area contributed by atoms with Gasteiger partial charge >= 0.3 is 5.97 Å². The molecule has 0 spiro atoms. The van der Waals surface area contributed by atoms with Gasteiger partial charge in [-0.2, -0.15) is 0 Å². The number of methoxy groups -OCH3 is 1. The quantitative estimate of drug-likeness (QED) is 0.831. The van der Waals surface area contributed by atoms with Gasteiger partial charge in [-0.3, -0.25) is 4.79 Å². The third-order valence-electron chi connectivity index (χ3n) is 3.28. The molecule has 1 aromatic heterocycles. The highest BCUT2D eigenvalue weighted by atomic mass is 32.2. The molecule has 2 aromatic rings. The number of ether oxygens (including phenoxy) is 1. The fourth-order valence-electron chi connectivity index (χ4n) is 2.05. The van der Waals surface area contributed by atoms with Crippen LogP contribution in [0.15, 0.2) is 23.4 Å². The number of imidazole rings is 1. The van der Waals surface area contributed by atoms with Gasteiger partial charge in [-0.25, -0.2) is 4.98 Å². The van der Waals surface area contributed by atoms with Crippen molar-refractivity contribution in [2.45, 2.75) is 38.1 Å². The summed E-state index contributed by atoms with van der Waals surface area (Å²) in [4.78, 5) is 15.4. The van der Waals surface area contributed by atoms with E-state index in [0.717, 1.165) is 16.6 Å². The zero-order valence-corrected chi connectivity index (χ0v) is 13.5. The first kappa shape index (κ1) is 15.9. The van der Waals surface area contributed by atoms with Crippen molar-refractivity contribution in [2.24, 2.45) is 0 Å². The Morgan fingerprint density at radius 1 is 1.48 bits per heavy atom. The number of carboxylic acid groups (broad SMARTS) is 1.